The van der Waals surface area contributed by atoms with Crippen molar-refractivity contribution in [3.05, 3.63) is 58.5 Å². The first-order valence-electron chi connectivity index (χ1n) is 10.6. The molecule has 0 unspecified atom stereocenters. The molecule has 0 saturated carbocycles. The minimum atomic E-state index is -3.23. The number of piperidine rings is 1. The Kier molecular flexibility index (Phi) is 6.56. The van der Waals surface area contributed by atoms with Crippen LogP contribution >= 0.6 is 0 Å². The maximum atomic E-state index is 13.4. The average molecular weight is 477 g/mol. The van der Waals surface area contributed by atoms with E-state index in [1.165, 1.54) is 39.8 Å². The van der Waals surface area contributed by atoms with Gasteiger partial charge in [-0.05, 0) is 30.5 Å². The summed E-state index contributed by atoms with van der Waals surface area (Å²) in [6, 6.07) is 6.03. The number of carbonyl (C=O) groups excluding carboxylic acids is 1. The molecule has 4 rings (SSSR count). The molecule has 0 bridgehead atoms. The van der Waals surface area contributed by atoms with Crippen LogP contribution in [0.5, 0.6) is 0 Å². The smallest absolute Gasteiger partial charge is 0.264 e. The van der Waals surface area contributed by atoms with Gasteiger partial charge in [-0.3, -0.25) is 14.2 Å². The van der Waals surface area contributed by atoms with Gasteiger partial charge in [0.05, 0.1) is 25.5 Å². The number of hydrogen-bond donors (Lipinski definition) is 1. The Labute approximate surface area is 190 Å². The van der Waals surface area contributed by atoms with E-state index in [2.05, 4.69) is 15.4 Å². The van der Waals surface area contributed by atoms with Crippen molar-refractivity contribution in [3.8, 4) is 0 Å². The monoisotopic (exact) mass is 476 g/mol. The van der Waals surface area contributed by atoms with Crippen LogP contribution in [0.15, 0.2) is 41.6 Å². The molecular weight excluding hydrogens is 451 g/mol. The maximum absolute atomic E-state index is 13.4. The number of rotatable bonds is 7. The molecule has 1 aromatic carbocycles. The van der Waals surface area contributed by atoms with E-state index in [4.69, 9.17) is 0 Å². The molecule has 0 aliphatic carbocycles. The largest absolute Gasteiger partial charge is 0.354 e. The zero-order valence-electron chi connectivity index (χ0n) is 18.1. The van der Waals surface area contributed by atoms with Crippen molar-refractivity contribution in [2.24, 2.45) is 5.92 Å². The summed E-state index contributed by atoms with van der Waals surface area (Å²) in [6.07, 6.45) is 4.98. The summed E-state index contributed by atoms with van der Waals surface area (Å²) >= 11 is 0. The Hall–Kier alpha value is -3.12. The van der Waals surface area contributed by atoms with Crippen molar-refractivity contribution in [3.63, 3.8) is 0 Å². The van der Waals surface area contributed by atoms with Crippen LogP contribution in [0.4, 0.5) is 4.39 Å². The second kappa shape index (κ2) is 9.40. The molecule has 0 radical (unpaired) electrons. The second-order valence-corrected chi connectivity index (χ2v) is 10.1. The molecule has 3 heterocycles. The van der Waals surface area contributed by atoms with E-state index in [-0.39, 0.29) is 29.7 Å². The van der Waals surface area contributed by atoms with Crippen LogP contribution in [0, 0.1) is 11.7 Å². The molecule has 33 heavy (non-hydrogen) atoms. The fourth-order valence-corrected chi connectivity index (χ4v) is 4.86. The molecule has 1 amide bonds. The fourth-order valence-electron chi connectivity index (χ4n) is 3.98. The van der Waals surface area contributed by atoms with Gasteiger partial charge in [-0.25, -0.2) is 26.8 Å². The van der Waals surface area contributed by atoms with Crippen molar-refractivity contribution in [2.75, 3.05) is 25.9 Å². The van der Waals surface area contributed by atoms with Crippen LogP contribution in [0.2, 0.25) is 0 Å². The van der Waals surface area contributed by atoms with Crippen LogP contribution < -0.4 is 10.9 Å². The van der Waals surface area contributed by atoms with E-state index in [9.17, 15) is 22.4 Å². The Bertz CT molecular complexity index is 1330. The first-order valence-corrected chi connectivity index (χ1v) is 12.5. The minimum Gasteiger partial charge on any atom is -0.354 e. The lowest BCUT2D eigenvalue weighted by molar-refractivity contribution is -0.126. The maximum Gasteiger partial charge on any atom is 0.264 e. The predicted octanol–water partition coefficient (Wildman–Crippen LogP) is 0.568. The van der Waals surface area contributed by atoms with Gasteiger partial charge in [-0.1, -0.05) is 12.1 Å². The van der Waals surface area contributed by atoms with E-state index >= 15 is 0 Å². The lowest BCUT2D eigenvalue weighted by Crippen LogP contribution is -2.43. The highest BCUT2D eigenvalue weighted by Gasteiger charge is 2.28. The van der Waals surface area contributed by atoms with Crippen LogP contribution in [-0.2, 0) is 27.9 Å². The summed E-state index contributed by atoms with van der Waals surface area (Å²) in [5.74, 6) is -0.721. The standard InChI is InChI=1S/C21H25FN6O4S/c1-33(31,32)27-8-5-16(6-9-27)20(29)23-7-10-28-19-18(12-25-28)21(30)26(14-24-19)13-15-3-2-4-17(22)11-15/h2-4,11-12,14,16H,5-10,13H2,1H3,(H,23,29). The molecule has 12 heteroatoms. The highest BCUT2D eigenvalue weighted by molar-refractivity contribution is 7.88. The lowest BCUT2D eigenvalue weighted by Gasteiger charge is -2.29. The molecular formula is C21H25FN6O4S. The molecule has 1 fully saturated rings. The van der Waals surface area contributed by atoms with Crippen molar-refractivity contribution >= 4 is 27.0 Å². The molecule has 10 nitrogen and oxygen atoms in total. The number of halogens is 1. The molecule has 3 aromatic rings. The summed E-state index contributed by atoms with van der Waals surface area (Å²) in [5, 5.41) is 7.42. The molecule has 0 spiro atoms. The first-order chi connectivity index (χ1) is 15.7. The molecule has 1 saturated heterocycles. The topological polar surface area (TPSA) is 119 Å². The second-order valence-electron chi connectivity index (χ2n) is 8.14. The van der Waals surface area contributed by atoms with Crippen molar-refractivity contribution < 1.29 is 17.6 Å². The third-order valence-electron chi connectivity index (χ3n) is 5.78. The molecule has 2 aromatic heterocycles. The molecule has 0 atom stereocenters. The van der Waals surface area contributed by atoms with Gasteiger partial charge in [0.25, 0.3) is 5.56 Å². The number of nitrogens with zero attached hydrogens (tertiary/aromatic N) is 5. The first kappa shape index (κ1) is 23.1. The van der Waals surface area contributed by atoms with E-state index in [1.807, 2.05) is 0 Å². The number of aromatic nitrogens is 4. The third kappa shape index (κ3) is 5.28. The van der Waals surface area contributed by atoms with Gasteiger partial charge in [0.15, 0.2) is 5.65 Å². The van der Waals surface area contributed by atoms with Gasteiger partial charge in [0.2, 0.25) is 15.9 Å². The van der Waals surface area contributed by atoms with Gasteiger partial charge < -0.3 is 5.32 Å². The molecule has 1 N–H and O–H groups in total. The Morgan fingerprint density at radius 3 is 2.73 bits per heavy atom. The Morgan fingerprint density at radius 2 is 2.03 bits per heavy atom. The summed E-state index contributed by atoms with van der Waals surface area (Å²) in [6.45, 7) is 1.51. The quantitative estimate of drug-likeness (QED) is 0.533. The van der Waals surface area contributed by atoms with Gasteiger partial charge in [-0.2, -0.15) is 5.10 Å². The highest BCUT2D eigenvalue weighted by Crippen LogP contribution is 2.19. The van der Waals surface area contributed by atoms with E-state index in [1.54, 1.807) is 16.8 Å². The molecule has 1 aliphatic heterocycles. The number of amides is 1. The number of fused-ring (bicyclic) bond motifs is 1. The van der Waals surface area contributed by atoms with Crippen molar-refractivity contribution in [2.45, 2.75) is 25.9 Å². The predicted molar refractivity (Wildman–Crippen MR) is 119 cm³/mol. The average Bonchev–Trinajstić information content (AvgIpc) is 3.19. The van der Waals surface area contributed by atoms with Crippen LogP contribution in [0.1, 0.15) is 18.4 Å². The normalized spacial score (nSPS) is 15.7. The Morgan fingerprint density at radius 1 is 1.27 bits per heavy atom. The van der Waals surface area contributed by atoms with Gasteiger partial charge in [-0.15, -0.1) is 0 Å². The van der Waals surface area contributed by atoms with E-state index in [0.29, 0.717) is 55.6 Å². The Balaban J connectivity index is 1.35. The van der Waals surface area contributed by atoms with E-state index in [0.717, 1.165) is 0 Å². The van der Waals surface area contributed by atoms with Crippen LogP contribution in [0.3, 0.4) is 0 Å². The van der Waals surface area contributed by atoms with E-state index < -0.39 is 10.0 Å². The van der Waals surface area contributed by atoms with Gasteiger partial charge in [0, 0.05) is 25.6 Å². The highest BCUT2D eigenvalue weighted by atomic mass is 32.2. The zero-order valence-corrected chi connectivity index (χ0v) is 19.0. The number of benzene rings is 1. The summed E-state index contributed by atoms with van der Waals surface area (Å²) < 4.78 is 40.9. The summed E-state index contributed by atoms with van der Waals surface area (Å²) in [4.78, 5) is 29.5. The zero-order chi connectivity index (χ0) is 23.6. The van der Waals surface area contributed by atoms with Crippen molar-refractivity contribution in [1.82, 2.24) is 29.0 Å². The SMILES string of the molecule is CS(=O)(=O)N1CCC(C(=O)NCCn2ncc3c(=O)n(Cc4cccc(F)c4)cnc32)CC1. The van der Waals surface area contributed by atoms with Crippen LogP contribution in [-0.4, -0.2) is 63.9 Å². The molecule has 1 aliphatic rings. The van der Waals surface area contributed by atoms with Gasteiger partial charge in [0.1, 0.15) is 17.5 Å². The minimum absolute atomic E-state index is 0.120. The van der Waals surface area contributed by atoms with Gasteiger partial charge >= 0.3 is 0 Å². The summed E-state index contributed by atoms with van der Waals surface area (Å²) in [5.41, 5.74) is 0.777. The van der Waals surface area contributed by atoms with Crippen molar-refractivity contribution in [1.29, 1.82) is 0 Å². The van der Waals surface area contributed by atoms with Crippen LogP contribution in [0.25, 0.3) is 11.0 Å². The lowest BCUT2D eigenvalue weighted by atomic mass is 9.97. The number of sulfonamides is 1. The number of nitrogens with one attached hydrogen (secondary N) is 1. The summed E-state index contributed by atoms with van der Waals surface area (Å²) in [7, 11) is -3.23. The fraction of sp³-hybridized carbons (Fsp3) is 0.429. The third-order valence-corrected chi connectivity index (χ3v) is 7.08. The number of hydrogen-bond acceptors (Lipinski definition) is 6. The molecule has 176 valence electrons. The number of carbonyl (C=O) groups is 1.